The summed E-state index contributed by atoms with van der Waals surface area (Å²) in [7, 11) is 0. The average Bonchev–Trinajstić information content (AvgIpc) is 3.63. The van der Waals surface area contributed by atoms with Crippen LogP contribution in [0.5, 0.6) is 0 Å². The molecule has 0 spiro atoms. The smallest absolute Gasteiger partial charge is 0.208 e. The first kappa shape index (κ1) is 32.2. The minimum Gasteiger partial charge on any atom is -0.393 e. The van der Waals surface area contributed by atoms with Crippen molar-refractivity contribution in [1.29, 1.82) is 0 Å². The molecule has 10 heteroatoms. The summed E-state index contributed by atoms with van der Waals surface area (Å²) in [5, 5.41) is 31.2. The van der Waals surface area contributed by atoms with Crippen LogP contribution in [0.4, 0.5) is 8.78 Å². The molecule has 2 bridgehead atoms. The van der Waals surface area contributed by atoms with Crippen molar-refractivity contribution in [3.8, 4) is 11.4 Å². The molecular weight excluding hydrogens is 606 g/mol. The third-order valence-electron chi connectivity index (χ3n) is 9.96. The van der Waals surface area contributed by atoms with Gasteiger partial charge in [-0.3, -0.25) is 14.9 Å². The van der Waals surface area contributed by atoms with Gasteiger partial charge in [-0.2, -0.15) is 0 Å². The molecule has 2 aromatic carbocycles. The number of pyridine rings is 1. The zero-order valence-electron chi connectivity index (χ0n) is 26.0. The van der Waals surface area contributed by atoms with E-state index >= 15 is 0 Å². The maximum Gasteiger partial charge on any atom is 0.208 e. The van der Waals surface area contributed by atoms with Crippen LogP contribution in [0.2, 0.25) is 0 Å². The van der Waals surface area contributed by atoms with E-state index < -0.39 is 34.5 Å². The van der Waals surface area contributed by atoms with Gasteiger partial charge >= 0.3 is 0 Å². The average molecular weight is 645 g/mol. The Morgan fingerprint density at radius 1 is 1.07 bits per heavy atom. The monoisotopic (exact) mass is 644 g/mol. The highest BCUT2D eigenvalue weighted by molar-refractivity contribution is 7.99. The molecule has 1 fully saturated rings. The van der Waals surface area contributed by atoms with Gasteiger partial charge in [0.2, 0.25) is 5.16 Å². The number of halogens is 2. The zero-order valence-corrected chi connectivity index (χ0v) is 26.8. The molecule has 0 saturated heterocycles. The van der Waals surface area contributed by atoms with Crippen LogP contribution in [0.25, 0.3) is 11.4 Å². The van der Waals surface area contributed by atoms with Crippen molar-refractivity contribution < 1.29 is 23.8 Å². The van der Waals surface area contributed by atoms with Gasteiger partial charge in [0.15, 0.2) is 23.2 Å². The molecular formula is C36H38F2N4O3S. The number of hydrogen-bond acceptors (Lipinski definition) is 7. The molecule has 0 unspecified atom stereocenters. The highest BCUT2D eigenvalue weighted by Gasteiger charge is 2.56. The van der Waals surface area contributed by atoms with E-state index in [1.54, 1.807) is 18.5 Å². The molecule has 4 aromatic rings. The summed E-state index contributed by atoms with van der Waals surface area (Å²) in [4.78, 5) is 22.7. The van der Waals surface area contributed by atoms with E-state index in [4.69, 9.17) is 0 Å². The van der Waals surface area contributed by atoms with Gasteiger partial charge in [-0.1, -0.05) is 42.5 Å². The summed E-state index contributed by atoms with van der Waals surface area (Å²) < 4.78 is 28.1. The number of fused-ring (bicyclic) bond motifs is 8. The predicted molar refractivity (Wildman–Crippen MR) is 174 cm³/mol. The number of benzene rings is 2. The molecule has 7 rings (SSSR count). The molecule has 1 saturated carbocycles. The zero-order chi connectivity index (χ0) is 32.5. The van der Waals surface area contributed by atoms with Gasteiger partial charge in [-0.05, 0) is 105 Å². The maximum absolute atomic E-state index is 14.3. The first-order chi connectivity index (χ1) is 22.1. The molecule has 240 valence electrons. The summed E-state index contributed by atoms with van der Waals surface area (Å²) >= 11 is 1.40. The molecule has 46 heavy (non-hydrogen) atoms. The fourth-order valence-corrected chi connectivity index (χ4v) is 8.21. The van der Waals surface area contributed by atoms with Crippen LogP contribution in [0, 0.1) is 17.0 Å². The van der Waals surface area contributed by atoms with Crippen LogP contribution >= 0.6 is 11.8 Å². The molecule has 3 N–H and O–H groups in total. The Hall–Kier alpha value is -3.73. The lowest BCUT2D eigenvalue weighted by Crippen LogP contribution is -2.46. The molecule has 3 aliphatic rings. The molecule has 4 atom stereocenters. The van der Waals surface area contributed by atoms with Crippen LogP contribution < -0.4 is 0 Å². The predicted octanol–water partition coefficient (Wildman–Crippen LogP) is 7.21. The highest BCUT2D eigenvalue weighted by Crippen LogP contribution is 2.59. The Labute approximate surface area is 271 Å². The Kier molecular flexibility index (Phi) is 9.23. The van der Waals surface area contributed by atoms with Crippen LogP contribution in [0.3, 0.4) is 0 Å². The van der Waals surface area contributed by atoms with Crippen molar-refractivity contribution in [2.24, 2.45) is 5.41 Å². The van der Waals surface area contributed by atoms with Crippen molar-refractivity contribution in [3.63, 3.8) is 0 Å². The normalized spacial score (nSPS) is 25.1. The van der Waals surface area contributed by atoms with Gasteiger partial charge in [0.25, 0.3) is 0 Å². The number of rotatable bonds is 6. The number of aromatic amines is 1. The molecule has 0 aliphatic heterocycles. The minimum atomic E-state index is -1.12. The lowest BCUT2D eigenvalue weighted by atomic mass is 9.65. The number of nitrogens with one attached hydrogen (secondary N) is 1. The van der Waals surface area contributed by atoms with Crippen LogP contribution in [0.15, 0.2) is 77.7 Å². The second kappa shape index (κ2) is 13.2. The third kappa shape index (κ3) is 6.43. The number of carbonyl (C=O) groups is 1. The molecule has 0 radical (unpaired) electrons. The topological polar surface area (TPSA) is 112 Å². The SMILES string of the molecule is CC1=CCC[C@@]2(C)[C@@H](CC[C@@]2(O)CSc2n[nH]c(-c3ccncc3)n2)c2ccc(cc2C(=O)c2ccc(F)c(F)c2)C[C@@H](O)CC1. The van der Waals surface area contributed by atoms with Crippen LogP contribution in [0.1, 0.15) is 85.3 Å². The summed E-state index contributed by atoms with van der Waals surface area (Å²) in [5.41, 5.74) is 2.31. The Morgan fingerprint density at radius 3 is 2.65 bits per heavy atom. The number of allylic oxidation sites excluding steroid dienone is 2. The standard InChI is InChI=1S/C36H38F2N4O3S/c1-22-4-3-14-35(2)29(11-15-36(35,45)21-46-34-40-33(41-42-34)24-12-16-39-17-13-24)27-9-6-23(18-26(43)8-5-22)19-28(27)32(44)25-7-10-30(37)31(38)20-25/h4,6-7,9-10,12-13,16-17,19-20,26,29,43,45H,3,5,8,11,14-15,18,21H2,1-2H3,(H,40,41,42)/t26-,29-,35-,36+/m0/s1. The number of aliphatic hydroxyl groups excluding tert-OH is 1. The quantitative estimate of drug-likeness (QED) is 0.116. The molecule has 0 amide bonds. The Bertz CT molecular complexity index is 1760. The number of H-pyrrole nitrogens is 1. The fourth-order valence-electron chi connectivity index (χ4n) is 7.10. The van der Waals surface area contributed by atoms with Crippen molar-refractivity contribution in [2.75, 3.05) is 5.75 Å². The number of aliphatic hydroxyl groups is 2. The van der Waals surface area contributed by atoms with Crippen LogP contribution in [-0.4, -0.2) is 53.6 Å². The second-order valence-corrected chi connectivity index (χ2v) is 13.8. The number of hydrogen-bond donors (Lipinski definition) is 3. The van der Waals surface area contributed by atoms with E-state index in [0.29, 0.717) is 54.4 Å². The van der Waals surface area contributed by atoms with Gasteiger partial charge in [0, 0.05) is 40.3 Å². The van der Waals surface area contributed by atoms with Gasteiger partial charge in [0.05, 0.1) is 11.7 Å². The Balaban J connectivity index is 1.37. The van der Waals surface area contributed by atoms with Crippen molar-refractivity contribution in [1.82, 2.24) is 20.2 Å². The minimum absolute atomic E-state index is 0.0534. The van der Waals surface area contributed by atoms with E-state index in [2.05, 4.69) is 40.1 Å². The second-order valence-electron chi connectivity index (χ2n) is 12.9. The lowest BCUT2D eigenvalue weighted by Gasteiger charge is -2.44. The van der Waals surface area contributed by atoms with Gasteiger partial charge in [0.1, 0.15) is 0 Å². The molecule has 2 heterocycles. The first-order valence-corrected chi connectivity index (χ1v) is 16.7. The fraction of sp³-hybridized carbons (Fsp3) is 0.389. The summed E-state index contributed by atoms with van der Waals surface area (Å²) in [5.74, 6) is -1.73. The first-order valence-electron chi connectivity index (χ1n) is 15.7. The summed E-state index contributed by atoms with van der Waals surface area (Å²) in [6.07, 6.45) is 9.19. The van der Waals surface area contributed by atoms with E-state index in [1.807, 2.05) is 24.3 Å². The van der Waals surface area contributed by atoms with Gasteiger partial charge in [-0.15, -0.1) is 5.10 Å². The summed E-state index contributed by atoms with van der Waals surface area (Å²) in [6.45, 7) is 4.18. The maximum atomic E-state index is 14.3. The van der Waals surface area contributed by atoms with E-state index in [-0.39, 0.29) is 11.5 Å². The number of carbonyl (C=O) groups excluding carboxylic acids is 1. The summed E-state index contributed by atoms with van der Waals surface area (Å²) in [6, 6.07) is 12.6. The third-order valence-corrected chi connectivity index (χ3v) is 11.0. The number of ketones is 1. The highest BCUT2D eigenvalue weighted by atomic mass is 32.2. The van der Waals surface area contributed by atoms with Gasteiger partial charge in [-0.25, -0.2) is 13.8 Å². The van der Waals surface area contributed by atoms with E-state index in [9.17, 15) is 23.8 Å². The van der Waals surface area contributed by atoms with Crippen molar-refractivity contribution >= 4 is 17.5 Å². The van der Waals surface area contributed by atoms with Crippen molar-refractivity contribution in [3.05, 3.63) is 106 Å². The van der Waals surface area contributed by atoms with Gasteiger partial charge < -0.3 is 10.2 Å². The number of nitrogens with zero attached hydrogens (tertiary/aromatic N) is 3. The number of aromatic nitrogens is 4. The molecule has 2 aromatic heterocycles. The van der Waals surface area contributed by atoms with Crippen LogP contribution in [-0.2, 0) is 6.42 Å². The van der Waals surface area contributed by atoms with Crippen molar-refractivity contribution in [2.45, 2.75) is 81.6 Å². The van der Waals surface area contributed by atoms with E-state index in [1.165, 1.54) is 23.4 Å². The molecule has 3 aliphatic carbocycles. The number of thioether (sulfide) groups is 1. The Morgan fingerprint density at radius 2 is 1.87 bits per heavy atom. The lowest BCUT2D eigenvalue weighted by molar-refractivity contribution is -0.0422. The molecule has 7 nitrogen and oxygen atoms in total. The largest absolute Gasteiger partial charge is 0.393 e. The van der Waals surface area contributed by atoms with E-state index in [0.717, 1.165) is 41.7 Å².